The zero-order valence-electron chi connectivity index (χ0n) is 22.4. The highest BCUT2D eigenvalue weighted by molar-refractivity contribution is 5.94. The number of methoxy groups -OCH3 is 1. The van der Waals surface area contributed by atoms with Crippen LogP contribution in [-0.2, 0) is 7.05 Å². The minimum Gasteiger partial charge on any atom is -0.497 e. The lowest BCUT2D eigenvalue weighted by atomic mass is 10.2. The second-order valence-electron chi connectivity index (χ2n) is 9.51. The van der Waals surface area contributed by atoms with Crippen LogP contribution in [0.4, 0.5) is 5.69 Å². The normalized spacial score (nSPS) is 11.5. The Balaban J connectivity index is 1.68. The summed E-state index contributed by atoms with van der Waals surface area (Å²) in [5, 5.41) is 4.97. The van der Waals surface area contributed by atoms with Crippen molar-refractivity contribution in [3.63, 3.8) is 0 Å². The van der Waals surface area contributed by atoms with Gasteiger partial charge in [0.1, 0.15) is 28.5 Å². The molecule has 0 amide bonds. The number of fused-ring (bicyclic) bond motifs is 2. The van der Waals surface area contributed by atoms with Gasteiger partial charge in [-0.2, -0.15) is 5.10 Å². The molecule has 192 valence electrons. The summed E-state index contributed by atoms with van der Waals surface area (Å²) in [7, 11) is 3.65. The number of aromatic nitrogens is 6. The highest BCUT2D eigenvalue weighted by atomic mass is 16.5. The lowest BCUT2D eigenvalue weighted by molar-refractivity contribution is 0.414. The van der Waals surface area contributed by atoms with Crippen LogP contribution in [0.15, 0.2) is 48.7 Å². The number of ether oxygens (including phenoxy) is 1. The monoisotopic (exact) mass is 497 g/mol. The van der Waals surface area contributed by atoms with Crippen LogP contribution < -0.4 is 9.64 Å². The smallest absolute Gasteiger partial charge is 0.183 e. The van der Waals surface area contributed by atoms with Crippen molar-refractivity contribution in [2.24, 2.45) is 7.05 Å². The van der Waals surface area contributed by atoms with Crippen molar-refractivity contribution >= 4 is 27.9 Å². The van der Waals surface area contributed by atoms with E-state index in [4.69, 9.17) is 24.8 Å². The van der Waals surface area contributed by atoms with E-state index in [1.807, 2.05) is 53.7 Å². The molecule has 0 atom stereocenters. The Kier molecular flexibility index (Phi) is 7.08. The van der Waals surface area contributed by atoms with Crippen molar-refractivity contribution in [2.45, 2.75) is 46.5 Å². The van der Waals surface area contributed by atoms with E-state index in [2.05, 4.69) is 36.9 Å². The van der Waals surface area contributed by atoms with Gasteiger partial charge in [-0.15, -0.1) is 0 Å². The largest absolute Gasteiger partial charge is 0.497 e. The van der Waals surface area contributed by atoms with Crippen molar-refractivity contribution in [3.8, 4) is 22.8 Å². The SMILES string of the molecule is CCCCN(CCCC)c1ccc2nc3c(-c4cn(C)c(C)n4)nn(-c4ccc(OC)cc4)c3nc2c1. The maximum atomic E-state index is 5.36. The van der Waals surface area contributed by atoms with E-state index in [0.29, 0.717) is 5.65 Å². The Bertz CT molecular complexity index is 1490. The minimum absolute atomic E-state index is 0.710. The van der Waals surface area contributed by atoms with E-state index in [1.165, 1.54) is 31.4 Å². The predicted molar refractivity (Wildman–Crippen MR) is 150 cm³/mol. The third kappa shape index (κ3) is 4.88. The summed E-state index contributed by atoms with van der Waals surface area (Å²) in [6.07, 6.45) is 6.68. The fourth-order valence-electron chi connectivity index (χ4n) is 4.55. The minimum atomic E-state index is 0.710. The fraction of sp³-hybridized carbons (Fsp3) is 0.379. The van der Waals surface area contributed by atoms with Gasteiger partial charge >= 0.3 is 0 Å². The van der Waals surface area contributed by atoms with Gasteiger partial charge < -0.3 is 14.2 Å². The number of hydrogen-bond donors (Lipinski definition) is 0. The first kappa shape index (κ1) is 24.7. The summed E-state index contributed by atoms with van der Waals surface area (Å²) < 4.78 is 9.21. The van der Waals surface area contributed by atoms with Crippen LogP contribution in [0.3, 0.4) is 0 Å². The molecule has 0 saturated heterocycles. The summed E-state index contributed by atoms with van der Waals surface area (Å²) >= 11 is 0. The molecular formula is C29H35N7O. The Morgan fingerprint density at radius 2 is 1.62 bits per heavy atom. The molecule has 0 bridgehead atoms. The van der Waals surface area contributed by atoms with Crippen LogP contribution in [0.1, 0.15) is 45.4 Å². The summed E-state index contributed by atoms with van der Waals surface area (Å²) in [5.74, 6) is 1.71. The molecule has 0 saturated carbocycles. The van der Waals surface area contributed by atoms with Crippen molar-refractivity contribution in [1.82, 2.24) is 29.3 Å². The molecule has 0 spiro atoms. The number of aryl methyl sites for hydroxylation is 2. The molecule has 0 aliphatic rings. The number of unbranched alkanes of at least 4 members (excludes halogenated alkanes) is 2. The topological polar surface area (TPSA) is 73.9 Å². The molecule has 3 heterocycles. The van der Waals surface area contributed by atoms with Crippen molar-refractivity contribution in [2.75, 3.05) is 25.1 Å². The Morgan fingerprint density at radius 1 is 0.892 bits per heavy atom. The molecule has 0 unspecified atom stereocenters. The number of imidazole rings is 1. The summed E-state index contributed by atoms with van der Waals surface area (Å²) in [5.41, 5.74) is 6.76. The molecule has 0 aliphatic heterocycles. The second-order valence-corrected chi connectivity index (χ2v) is 9.51. The molecule has 2 aromatic carbocycles. The van der Waals surface area contributed by atoms with Gasteiger partial charge in [0, 0.05) is 32.0 Å². The highest BCUT2D eigenvalue weighted by Gasteiger charge is 2.20. The van der Waals surface area contributed by atoms with E-state index < -0.39 is 0 Å². The van der Waals surface area contributed by atoms with Crippen LogP contribution in [0.2, 0.25) is 0 Å². The first-order chi connectivity index (χ1) is 18.0. The average Bonchev–Trinajstić information content (AvgIpc) is 3.46. The summed E-state index contributed by atoms with van der Waals surface area (Å²) in [4.78, 5) is 17.4. The van der Waals surface area contributed by atoms with Crippen molar-refractivity contribution < 1.29 is 4.74 Å². The van der Waals surface area contributed by atoms with Crippen LogP contribution >= 0.6 is 0 Å². The summed E-state index contributed by atoms with van der Waals surface area (Å²) in [6.45, 7) is 8.55. The lowest BCUT2D eigenvalue weighted by Crippen LogP contribution is -2.25. The highest BCUT2D eigenvalue weighted by Crippen LogP contribution is 2.30. The Morgan fingerprint density at radius 3 is 2.24 bits per heavy atom. The molecule has 0 aliphatic carbocycles. The van der Waals surface area contributed by atoms with Gasteiger partial charge in [0.2, 0.25) is 0 Å². The van der Waals surface area contributed by atoms with Gasteiger partial charge in [-0.25, -0.2) is 19.6 Å². The number of rotatable bonds is 10. The van der Waals surface area contributed by atoms with E-state index in [9.17, 15) is 0 Å². The first-order valence-corrected chi connectivity index (χ1v) is 13.1. The molecule has 5 aromatic rings. The maximum Gasteiger partial charge on any atom is 0.183 e. The van der Waals surface area contributed by atoms with Gasteiger partial charge in [0.25, 0.3) is 0 Å². The maximum absolute atomic E-state index is 5.36. The Hall–Kier alpha value is -3.94. The standard InChI is InChI=1S/C29H35N7O/c1-6-8-16-35(17-9-7-2)22-12-15-24-25(18-22)32-29-28(31-24)27(26-19-34(4)20(3)30-26)33-36(29)21-10-13-23(37-5)14-11-21/h10-15,18-19H,6-9,16-17H2,1-5H3. The van der Waals surface area contributed by atoms with E-state index in [-0.39, 0.29) is 0 Å². The zero-order chi connectivity index (χ0) is 25.9. The Labute approximate surface area is 217 Å². The molecule has 5 rings (SSSR count). The van der Waals surface area contributed by atoms with Crippen molar-refractivity contribution in [1.29, 1.82) is 0 Å². The zero-order valence-corrected chi connectivity index (χ0v) is 22.4. The number of benzene rings is 2. The van der Waals surface area contributed by atoms with Gasteiger partial charge in [-0.3, -0.25) is 0 Å². The number of anilines is 1. The molecule has 8 nitrogen and oxygen atoms in total. The molecule has 37 heavy (non-hydrogen) atoms. The van der Waals surface area contributed by atoms with Crippen molar-refractivity contribution in [3.05, 3.63) is 54.5 Å². The predicted octanol–water partition coefficient (Wildman–Crippen LogP) is 6.09. The third-order valence-electron chi connectivity index (χ3n) is 6.85. The molecule has 0 N–H and O–H groups in total. The molecule has 0 radical (unpaired) electrons. The molecule has 3 aromatic heterocycles. The number of hydrogen-bond acceptors (Lipinski definition) is 6. The van der Waals surface area contributed by atoms with Crippen LogP contribution in [0, 0.1) is 6.92 Å². The summed E-state index contributed by atoms with van der Waals surface area (Å²) in [6, 6.07) is 14.3. The van der Waals surface area contributed by atoms with E-state index in [0.717, 1.165) is 58.3 Å². The van der Waals surface area contributed by atoms with Crippen LogP contribution in [-0.4, -0.2) is 49.5 Å². The second kappa shape index (κ2) is 10.6. The van der Waals surface area contributed by atoms with Crippen LogP contribution in [0.5, 0.6) is 5.75 Å². The average molecular weight is 498 g/mol. The van der Waals surface area contributed by atoms with Gasteiger partial charge in [-0.1, -0.05) is 26.7 Å². The molecular weight excluding hydrogens is 462 g/mol. The van der Waals surface area contributed by atoms with Gasteiger partial charge in [0.05, 0.1) is 23.8 Å². The fourth-order valence-corrected chi connectivity index (χ4v) is 4.55. The van der Waals surface area contributed by atoms with Crippen LogP contribution in [0.25, 0.3) is 39.3 Å². The molecule has 8 heteroatoms. The number of nitrogens with zero attached hydrogens (tertiary/aromatic N) is 7. The van der Waals surface area contributed by atoms with Gasteiger partial charge in [-0.05, 0) is 62.2 Å². The van der Waals surface area contributed by atoms with E-state index >= 15 is 0 Å². The quantitative estimate of drug-likeness (QED) is 0.232. The van der Waals surface area contributed by atoms with E-state index in [1.54, 1.807) is 7.11 Å². The lowest BCUT2D eigenvalue weighted by Gasteiger charge is -2.24. The molecule has 0 fully saturated rings. The van der Waals surface area contributed by atoms with Gasteiger partial charge in [0.15, 0.2) is 5.65 Å². The third-order valence-corrected chi connectivity index (χ3v) is 6.85. The first-order valence-electron chi connectivity index (χ1n) is 13.1.